The van der Waals surface area contributed by atoms with E-state index in [-0.39, 0.29) is 5.75 Å². The maximum absolute atomic E-state index is 12.1. The van der Waals surface area contributed by atoms with Crippen LogP contribution in [0.5, 0.6) is 0 Å². The van der Waals surface area contributed by atoms with Gasteiger partial charge < -0.3 is 10.2 Å². The molecule has 0 fully saturated rings. The van der Waals surface area contributed by atoms with E-state index in [1.165, 1.54) is 0 Å². The number of likely N-dealkylation sites (N-methyl/N-ethyl adjacent to an activating group) is 1. The molecule has 0 spiro atoms. The standard InChI is InChI=1S/C13H20N2O2S/c1-10-4-5-12-13(11(10)2)15(7-6-14-3)8-9-18(12,16)17/h4-5,14H,6-9H2,1-3H3. The molecular weight excluding hydrogens is 248 g/mol. The van der Waals surface area contributed by atoms with Crippen molar-refractivity contribution in [1.29, 1.82) is 0 Å². The molecule has 1 aromatic rings. The second-order valence-electron chi connectivity index (χ2n) is 4.76. The summed E-state index contributed by atoms with van der Waals surface area (Å²) in [6.07, 6.45) is 0. The highest BCUT2D eigenvalue weighted by Gasteiger charge is 2.29. The van der Waals surface area contributed by atoms with Gasteiger partial charge in [0.05, 0.1) is 16.3 Å². The second kappa shape index (κ2) is 4.90. The molecule has 0 aliphatic carbocycles. The molecule has 0 aromatic heterocycles. The van der Waals surface area contributed by atoms with Gasteiger partial charge in [0.25, 0.3) is 0 Å². The highest BCUT2D eigenvalue weighted by Crippen LogP contribution is 2.34. The zero-order valence-corrected chi connectivity index (χ0v) is 12.0. The Labute approximate surface area is 109 Å². The number of hydrogen-bond acceptors (Lipinski definition) is 4. The molecular formula is C13H20N2O2S. The molecule has 0 amide bonds. The summed E-state index contributed by atoms with van der Waals surface area (Å²) < 4.78 is 24.2. The van der Waals surface area contributed by atoms with Gasteiger partial charge in [-0.05, 0) is 38.1 Å². The molecule has 100 valence electrons. The molecule has 0 saturated heterocycles. The predicted octanol–water partition coefficient (Wildman–Crippen LogP) is 1.12. The van der Waals surface area contributed by atoms with Crippen molar-refractivity contribution >= 4 is 15.5 Å². The number of nitrogens with one attached hydrogen (secondary N) is 1. The van der Waals surface area contributed by atoms with Crippen molar-refractivity contribution in [3.8, 4) is 0 Å². The number of hydrogen-bond donors (Lipinski definition) is 1. The zero-order chi connectivity index (χ0) is 13.3. The molecule has 0 saturated carbocycles. The number of anilines is 1. The number of benzene rings is 1. The van der Waals surface area contributed by atoms with E-state index in [0.29, 0.717) is 11.4 Å². The third-order valence-corrected chi connectivity index (χ3v) is 5.30. The van der Waals surface area contributed by atoms with Gasteiger partial charge >= 0.3 is 0 Å². The van der Waals surface area contributed by atoms with Gasteiger partial charge in [0, 0.05) is 19.6 Å². The van der Waals surface area contributed by atoms with Gasteiger partial charge in [-0.2, -0.15) is 0 Å². The number of rotatable bonds is 3. The van der Waals surface area contributed by atoms with Crippen LogP contribution in [-0.4, -0.2) is 40.9 Å². The average molecular weight is 268 g/mol. The van der Waals surface area contributed by atoms with Crippen LogP contribution in [0.25, 0.3) is 0 Å². The van der Waals surface area contributed by atoms with E-state index in [1.54, 1.807) is 6.07 Å². The monoisotopic (exact) mass is 268 g/mol. The SMILES string of the molecule is CNCCN1CCS(=O)(=O)c2ccc(C)c(C)c21. The fourth-order valence-corrected chi connectivity index (χ4v) is 3.88. The van der Waals surface area contributed by atoms with Crippen LogP contribution in [0.15, 0.2) is 17.0 Å². The minimum atomic E-state index is -3.10. The first kappa shape index (κ1) is 13.4. The third-order valence-electron chi connectivity index (χ3n) is 3.58. The summed E-state index contributed by atoms with van der Waals surface area (Å²) >= 11 is 0. The van der Waals surface area contributed by atoms with E-state index >= 15 is 0 Å². The third kappa shape index (κ3) is 2.24. The van der Waals surface area contributed by atoms with Crippen molar-refractivity contribution in [2.75, 3.05) is 37.3 Å². The van der Waals surface area contributed by atoms with Gasteiger partial charge in [-0.3, -0.25) is 0 Å². The van der Waals surface area contributed by atoms with Gasteiger partial charge in [-0.15, -0.1) is 0 Å². The molecule has 1 heterocycles. The molecule has 2 rings (SSSR count). The van der Waals surface area contributed by atoms with Crippen LogP contribution in [0.4, 0.5) is 5.69 Å². The molecule has 1 aliphatic rings. The normalized spacial score (nSPS) is 17.6. The summed E-state index contributed by atoms with van der Waals surface area (Å²) in [5.74, 6) is 0.214. The highest BCUT2D eigenvalue weighted by atomic mass is 32.2. The number of sulfone groups is 1. The predicted molar refractivity (Wildman–Crippen MR) is 74.1 cm³/mol. The van der Waals surface area contributed by atoms with E-state index in [0.717, 1.165) is 29.9 Å². The summed E-state index contributed by atoms with van der Waals surface area (Å²) in [7, 11) is -1.19. The fraction of sp³-hybridized carbons (Fsp3) is 0.538. The molecule has 0 unspecified atom stereocenters. The zero-order valence-electron chi connectivity index (χ0n) is 11.2. The maximum atomic E-state index is 12.1. The van der Waals surface area contributed by atoms with Crippen LogP contribution >= 0.6 is 0 Å². The van der Waals surface area contributed by atoms with E-state index < -0.39 is 9.84 Å². The van der Waals surface area contributed by atoms with Gasteiger partial charge in [-0.25, -0.2) is 8.42 Å². The van der Waals surface area contributed by atoms with Crippen molar-refractivity contribution in [3.63, 3.8) is 0 Å². The van der Waals surface area contributed by atoms with Gasteiger partial charge in [0.15, 0.2) is 9.84 Å². The lowest BCUT2D eigenvalue weighted by molar-refractivity contribution is 0.588. The molecule has 18 heavy (non-hydrogen) atoms. The van der Waals surface area contributed by atoms with Crippen molar-refractivity contribution in [2.24, 2.45) is 0 Å². The van der Waals surface area contributed by atoms with E-state index in [9.17, 15) is 8.42 Å². The maximum Gasteiger partial charge on any atom is 0.182 e. The Morgan fingerprint density at radius 2 is 2.06 bits per heavy atom. The lowest BCUT2D eigenvalue weighted by atomic mass is 10.1. The van der Waals surface area contributed by atoms with Crippen LogP contribution in [-0.2, 0) is 9.84 Å². The van der Waals surface area contributed by atoms with Crippen LogP contribution in [0.2, 0.25) is 0 Å². The Bertz CT molecular complexity index is 552. The topological polar surface area (TPSA) is 49.4 Å². The van der Waals surface area contributed by atoms with E-state index in [4.69, 9.17) is 0 Å². The summed E-state index contributed by atoms with van der Waals surface area (Å²) in [5.41, 5.74) is 3.11. The Balaban J connectivity index is 2.53. The average Bonchev–Trinajstić information content (AvgIpc) is 2.32. The highest BCUT2D eigenvalue weighted by molar-refractivity contribution is 7.91. The first-order chi connectivity index (χ1) is 8.47. The molecule has 4 nitrogen and oxygen atoms in total. The molecule has 0 bridgehead atoms. The van der Waals surface area contributed by atoms with Crippen molar-refractivity contribution in [2.45, 2.75) is 18.7 Å². The molecule has 5 heteroatoms. The van der Waals surface area contributed by atoms with E-state index in [2.05, 4.69) is 10.2 Å². The van der Waals surface area contributed by atoms with Gasteiger partial charge in [0.2, 0.25) is 0 Å². The van der Waals surface area contributed by atoms with Crippen molar-refractivity contribution < 1.29 is 8.42 Å². The Morgan fingerprint density at radius 3 is 2.72 bits per heavy atom. The number of fused-ring (bicyclic) bond motifs is 1. The Morgan fingerprint density at radius 1 is 1.33 bits per heavy atom. The second-order valence-corrected chi connectivity index (χ2v) is 6.84. The van der Waals surface area contributed by atoms with Crippen molar-refractivity contribution in [3.05, 3.63) is 23.3 Å². The Kier molecular flexibility index (Phi) is 3.64. The van der Waals surface area contributed by atoms with E-state index in [1.807, 2.05) is 27.0 Å². The summed E-state index contributed by atoms with van der Waals surface area (Å²) in [6.45, 7) is 6.30. The minimum absolute atomic E-state index is 0.214. The summed E-state index contributed by atoms with van der Waals surface area (Å²) in [5, 5.41) is 3.11. The quantitative estimate of drug-likeness (QED) is 0.892. The van der Waals surface area contributed by atoms with Gasteiger partial charge in [0.1, 0.15) is 0 Å². The number of aryl methyl sites for hydroxylation is 1. The van der Waals surface area contributed by atoms with Crippen LogP contribution in [0, 0.1) is 13.8 Å². The van der Waals surface area contributed by atoms with Gasteiger partial charge in [-0.1, -0.05) is 6.07 Å². The molecule has 0 radical (unpaired) electrons. The van der Waals surface area contributed by atoms with Crippen molar-refractivity contribution in [1.82, 2.24) is 5.32 Å². The fourth-order valence-electron chi connectivity index (χ4n) is 2.34. The largest absolute Gasteiger partial charge is 0.368 e. The summed E-state index contributed by atoms with van der Waals surface area (Å²) in [6, 6.07) is 3.64. The summed E-state index contributed by atoms with van der Waals surface area (Å²) in [4.78, 5) is 2.67. The molecule has 1 aliphatic heterocycles. The first-order valence-corrected chi connectivity index (χ1v) is 7.85. The van der Waals surface area contributed by atoms with Crippen LogP contribution in [0.3, 0.4) is 0 Å². The number of nitrogens with zero attached hydrogens (tertiary/aromatic N) is 1. The Hall–Kier alpha value is -1.07. The van der Waals surface area contributed by atoms with Crippen LogP contribution in [0.1, 0.15) is 11.1 Å². The van der Waals surface area contributed by atoms with Crippen LogP contribution < -0.4 is 10.2 Å². The lowest BCUT2D eigenvalue weighted by Gasteiger charge is -2.33. The smallest absolute Gasteiger partial charge is 0.182 e. The lowest BCUT2D eigenvalue weighted by Crippen LogP contribution is -2.39. The first-order valence-electron chi connectivity index (χ1n) is 6.20. The minimum Gasteiger partial charge on any atom is -0.368 e. The molecule has 0 atom stereocenters. The molecule has 1 aromatic carbocycles. The molecule has 1 N–H and O–H groups in total.